The summed E-state index contributed by atoms with van der Waals surface area (Å²) >= 11 is 1.59. The van der Waals surface area contributed by atoms with Gasteiger partial charge in [-0.2, -0.15) is 0 Å². The fourth-order valence-electron chi connectivity index (χ4n) is 2.91. The Hall–Kier alpha value is -2.87. The molecule has 0 spiro atoms. The molecule has 0 atom stereocenters. The predicted octanol–water partition coefficient (Wildman–Crippen LogP) is 3.16. The van der Waals surface area contributed by atoms with Gasteiger partial charge in [-0.05, 0) is 19.1 Å². The monoisotopic (exact) mass is 366 g/mol. The highest BCUT2D eigenvalue weighted by atomic mass is 32.1. The zero-order valence-electron chi connectivity index (χ0n) is 14.8. The zero-order chi connectivity index (χ0) is 18.1. The second-order valence-corrected chi connectivity index (χ2v) is 6.99. The van der Waals surface area contributed by atoms with E-state index >= 15 is 0 Å². The molecule has 0 fully saturated rings. The van der Waals surface area contributed by atoms with Gasteiger partial charge in [-0.15, -0.1) is 11.3 Å². The second-order valence-electron chi connectivity index (χ2n) is 5.99. The molecule has 0 aliphatic carbocycles. The molecular weight excluding hydrogens is 348 g/mol. The summed E-state index contributed by atoms with van der Waals surface area (Å²) in [6, 6.07) is 3.92. The first-order valence-corrected chi connectivity index (χ1v) is 9.06. The van der Waals surface area contributed by atoms with Crippen molar-refractivity contribution < 1.29 is 4.84 Å². The molecule has 0 saturated carbocycles. The van der Waals surface area contributed by atoms with Crippen molar-refractivity contribution in [3.05, 3.63) is 42.1 Å². The van der Waals surface area contributed by atoms with Crippen LogP contribution >= 0.6 is 11.3 Å². The second kappa shape index (κ2) is 6.80. The van der Waals surface area contributed by atoms with Crippen LogP contribution in [0.15, 0.2) is 35.9 Å². The Morgan fingerprint density at radius 2 is 2.15 bits per heavy atom. The molecule has 1 aliphatic heterocycles. The average molecular weight is 366 g/mol. The average Bonchev–Trinajstić information content (AvgIpc) is 3.06. The molecule has 0 saturated heterocycles. The maximum Gasteiger partial charge on any atom is 0.156 e. The topological polar surface area (TPSA) is 76.4 Å². The van der Waals surface area contributed by atoms with Gasteiger partial charge in [-0.1, -0.05) is 5.16 Å². The lowest BCUT2D eigenvalue weighted by Gasteiger charge is -2.26. The molecule has 0 amide bonds. The number of nitrogens with zero attached hydrogens (tertiary/aromatic N) is 6. The van der Waals surface area contributed by atoms with E-state index in [0.717, 1.165) is 57.0 Å². The Kier molecular flexibility index (Phi) is 4.34. The van der Waals surface area contributed by atoms with Crippen LogP contribution in [0.2, 0.25) is 0 Å². The normalized spacial score (nSPS) is 15.2. The molecule has 0 unspecified atom stereocenters. The summed E-state index contributed by atoms with van der Waals surface area (Å²) in [5.74, 6) is 0.824. The maximum atomic E-state index is 4.99. The molecule has 7 nitrogen and oxygen atoms in total. The lowest BCUT2D eigenvalue weighted by molar-refractivity contribution is 0.212. The van der Waals surface area contributed by atoms with Crippen LogP contribution in [0.25, 0.3) is 21.1 Å². The van der Waals surface area contributed by atoms with E-state index < -0.39 is 0 Å². The van der Waals surface area contributed by atoms with Gasteiger partial charge < -0.3 is 9.74 Å². The van der Waals surface area contributed by atoms with E-state index in [2.05, 4.69) is 25.0 Å². The van der Waals surface area contributed by atoms with Gasteiger partial charge in [0, 0.05) is 38.0 Å². The molecule has 0 aromatic carbocycles. The molecule has 8 heteroatoms. The van der Waals surface area contributed by atoms with Crippen LogP contribution in [0.4, 0.5) is 5.82 Å². The molecule has 4 rings (SSSR count). The van der Waals surface area contributed by atoms with Crippen LogP contribution in [0.5, 0.6) is 0 Å². The molecular formula is C18H18N6OS. The van der Waals surface area contributed by atoms with Gasteiger partial charge in [-0.25, -0.2) is 15.0 Å². The largest absolute Gasteiger partial charge is 0.399 e. The molecule has 1 aliphatic rings. The minimum Gasteiger partial charge on any atom is -0.399 e. The lowest BCUT2D eigenvalue weighted by Crippen LogP contribution is -2.30. The van der Waals surface area contributed by atoms with Crippen LogP contribution < -0.4 is 4.90 Å². The maximum absolute atomic E-state index is 4.99. The first kappa shape index (κ1) is 16.6. The highest BCUT2D eigenvalue weighted by Gasteiger charge is 2.24. The quantitative estimate of drug-likeness (QED) is 0.663. The summed E-state index contributed by atoms with van der Waals surface area (Å²) in [5.41, 5.74) is 4.32. The summed E-state index contributed by atoms with van der Waals surface area (Å²) in [6.07, 6.45) is 6.16. The van der Waals surface area contributed by atoms with Crippen LogP contribution in [-0.2, 0) is 4.84 Å². The summed E-state index contributed by atoms with van der Waals surface area (Å²) in [7, 11) is 3.56. The number of oxime groups is 1. The van der Waals surface area contributed by atoms with E-state index in [1.165, 1.54) is 0 Å². The number of hydrogen-bond acceptors (Lipinski definition) is 8. The number of hydrogen-bond donors (Lipinski definition) is 0. The minimum absolute atomic E-state index is 0.772. The van der Waals surface area contributed by atoms with Crippen molar-refractivity contribution in [3.8, 4) is 21.1 Å². The Morgan fingerprint density at radius 3 is 2.92 bits per heavy atom. The molecule has 26 heavy (non-hydrogen) atoms. The molecule has 4 heterocycles. The van der Waals surface area contributed by atoms with E-state index in [4.69, 9.17) is 9.82 Å². The highest BCUT2D eigenvalue weighted by Crippen LogP contribution is 2.35. The van der Waals surface area contributed by atoms with Gasteiger partial charge in [0.25, 0.3) is 0 Å². The van der Waals surface area contributed by atoms with Crippen molar-refractivity contribution in [2.45, 2.75) is 13.3 Å². The number of pyridine rings is 1. The van der Waals surface area contributed by atoms with Gasteiger partial charge >= 0.3 is 0 Å². The molecule has 0 N–H and O–H groups in total. The van der Waals surface area contributed by atoms with Crippen LogP contribution in [0.1, 0.15) is 17.8 Å². The van der Waals surface area contributed by atoms with Crippen LogP contribution in [-0.4, -0.2) is 46.3 Å². The van der Waals surface area contributed by atoms with Crippen molar-refractivity contribution in [3.63, 3.8) is 0 Å². The summed E-state index contributed by atoms with van der Waals surface area (Å²) in [6.45, 7) is 2.83. The summed E-state index contributed by atoms with van der Waals surface area (Å²) < 4.78 is 0. The van der Waals surface area contributed by atoms with E-state index in [9.17, 15) is 0 Å². The Morgan fingerprint density at radius 1 is 1.27 bits per heavy atom. The smallest absolute Gasteiger partial charge is 0.156 e. The van der Waals surface area contributed by atoms with Gasteiger partial charge in [-0.3, -0.25) is 4.98 Å². The van der Waals surface area contributed by atoms with Crippen molar-refractivity contribution in [2.75, 3.05) is 25.6 Å². The van der Waals surface area contributed by atoms with Crippen LogP contribution in [0, 0.1) is 6.92 Å². The molecule has 0 radical (unpaired) electrons. The SMILES string of the molecule is CO/N=C1\CCN(C)c2ncc(-c3sc(-c4cccnc4)nc3C)nc21. The number of aryl methyl sites for hydroxylation is 1. The summed E-state index contributed by atoms with van der Waals surface area (Å²) in [4.78, 5) is 26.4. The third kappa shape index (κ3) is 2.92. The minimum atomic E-state index is 0.772. The zero-order valence-corrected chi connectivity index (χ0v) is 15.6. The number of rotatable bonds is 3. The number of fused-ring (bicyclic) bond motifs is 1. The first-order valence-electron chi connectivity index (χ1n) is 8.24. The number of anilines is 1. The van der Waals surface area contributed by atoms with Gasteiger partial charge in [0.05, 0.1) is 16.8 Å². The van der Waals surface area contributed by atoms with Gasteiger partial charge in [0.15, 0.2) is 5.82 Å². The Labute approximate surface area is 155 Å². The fraction of sp³-hybridized carbons (Fsp3) is 0.278. The van der Waals surface area contributed by atoms with Gasteiger partial charge in [0.2, 0.25) is 0 Å². The number of aromatic nitrogens is 4. The van der Waals surface area contributed by atoms with E-state index in [1.54, 1.807) is 30.8 Å². The first-order chi connectivity index (χ1) is 12.7. The van der Waals surface area contributed by atoms with Gasteiger partial charge in [0.1, 0.15) is 29.2 Å². The predicted molar refractivity (Wildman–Crippen MR) is 103 cm³/mol. The summed E-state index contributed by atoms with van der Waals surface area (Å²) in [5, 5.41) is 5.06. The fourth-order valence-corrected chi connectivity index (χ4v) is 3.92. The lowest BCUT2D eigenvalue weighted by atomic mass is 10.1. The van der Waals surface area contributed by atoms with Crippen molar-refractivity contribution in [1.29, 1.82) is 0 Å². The third-order valence-corrected chi connectivity index (χ3v) is 5.44. The number of thiazole rings is 1. The highest BCUT2D eigenvalue weighted by molar-refractivity contribution is 7.18. The van der Waals surface area contributed by atoms with Crippen molar-refractivity contribution >= 4 is 22.9 Å². The Bertz CT molecular complexity index is 969. The van der Waals surface area contributed by atoms with Crippen LogP contribution in [0.3, 0.4) is 0 Å². The molecule has 3 aromatic heterocycles. The van der Waals surface area contributed by atoms with Crippen molar-refractivity contribution in [1.82, 2.24) is 19.9 Å². The standard InChI is InChI=1S/C18H18N6OS/c1-11-16(26-18(21-11)12-5-4-7-19-9-12)14-10-20-17-15(22-14)13(23-25-3)6-8-24(17)2/h4-5,7,9-10H,6,8H2,1-3H3/b23-13+. The molecule has 132 valence electrons. The molecule has 3 aromatic rings. The molecule has 0 bridgehead atoms. The van der Waals surface area contributed by atoms with E-state index in [0.29, 0.717) is 0 Å². The Balaban J connectivity index is 1.79. The van der Waals surface area contributed by atoms with E-state index in [-0.39, 0.29) is 0 Å². The third-order valence-electron chi connectivity index (χ3n) is 4.21. The van der Waals surface area contributed by atoms with E-state index in [1.807, 2.05) is 32.3 Å². The van der Waals surface area contributed by atoms with Crippen molar-refractivity contribution in [2.24, 2.45) is 5.16 Å².